The van der Waals surface area contributed by atoms with E-state index in [0.29, 0.717) is 26.1 Å². The van der Waals surface area contributed by atoms with E-state index in [4.69, 9.17) is 10.5 Å². The van der Waals surface area contributed by atoms with Crippen LogP contribution in [0.4, 0.5) is 10.5 Å². The number of aryl methyl sites for hydroxylation is 1. The number of ether oxygens (including phenoxy) is 1. The maximum absolute atomic E-state index is 13.3. The number of thioether (sulfide) groups is 1. The van der Waals surface area contributed by atoms with E-state index in [1.165, 1.54) is 10.6 Å². The van der Waals surface area contributed by atoms with Crippen LogP contribution in [-0.2, 0) is 20.9 Å². The Hall–Kier alpha value is -4.10. The standard InChI is InChI=1S/C26H24N4O7S2/c1-3-37-16-10-13(6-9-15(16)31)18-19-20(23(34)30(22(19)33)25(27)35)38-24-21(18)39-26(36)29(24)11-17(32)28-14-7-4-12(2)5-8-14/h4-10,18-20,31H,3,11H2,1-2H3,(H2,27,35)(H,28,32)/t18-,19+,20-/m0/s1. The summed E-state index contributed by atoms with van der Waals surface area (Å²) in [6, 6.07) is 10.5. The fourth-order valence-electron chi connectivity index (χ4n) is 4.81. The summed E-state index contributed by atoms with van der Waals surface area (Å²) in [6.45, 7) is 3.61. The molecular formula is C26H24N4O7S2. The van der Waals surface area contributed by atoms with E-state index in [-0.39, 0.29) is 24.7 Å². The molecule has 11 nitrogen and oxygen atoms in total. The van der Waals surface area contributed by atoms with Crippen LogP contribution in [0.5, 0.6) is 11.5 Å². The lowest BCUT2D eigenvalue weighted by Gasteiger charge is -2.31. The fraction of sp³-hybridized carbons (Fsp3) is 0.269. The molecule has 0 aliphatic carbocycles. The summed E-state index contributed by atoms with van der Waals surface area (Å²) in [5, 5.41) is 12.3. The molecule has 5 rings (SSSR count). The van der Waals surface area contributed by atoms with Crippen LogP contribution in [0.25, 0.3) is 0 Å². The highest BCUT2D eigenvalue weighted by Gasteiger charge is 2.58. The van der Waals surface area contributed by atoms with Gasteiger partial charge in [0.1, 0.15) is 11.8 Å². The van der Waals surface area contributed by atoms with E-state index in [0.717, 1.165) is 28.7 Å². The molecule has 3 aromatic rings. The summed E-state index contributed by atoms with van der Waals surface area (Å²) >= 11 is 1.83. The number of nitrogens with zero attached hydrogens (tertiary/aromatic N) is 2. The number of hydrogen-bond acceptors (Lipinski definition) is 9. The van der Waals surface area contributed by atoms with Crippen LogP contribution in [0.1, 0.15) is 28.8 Å². The van der Waals surface area contributed by atoms with Gasteiger partial charge in [-0.1, -0.05) is 46.9 Å². The number of amides is 5. The summed E-state index contributed by atoms with van der Waals surface area (Å²) in [4.78, 5) is 65.0. The second-order valence-electron chi connectivity index (χ2n) is 9.09. The van der Waals surface area contributed by atoms with Crippen LogP contribution in [-0.4, -0.2) is 50.2 Å². The maximum atomic E-state index is 13.3. The highest BCUT2D eigenvalue weighted by atomic mass is 32.2. The van der Waals surface area contributed by atoms with Crippen molar-refractivity contribution in [2.24, 2.45) is 11.7 Å². The lowest BCUT2D eigenvalue weighted by molar-refractivity contribution is -0.135. The largest absolute Gasteiger partial charge is 0.504 e. The summed E-state index contributed by atoms with van der Waals surface area (Å²) in [5.41, 5.74) is 7.45. The smallest absolute Gasteiger partial charge is 0.328 e. The van der Waals surface area contributed by atoms with Gasteiger partial charge in [0.15, 0.2) is 11.5 Å². The Bertz CT molecular complexity index is 1560. The van der Waals surface area contributed by atoms with Crippen molar-refractivity contribution in [3.8, 4) is 11.5 Å². The molecule has 2 aliphatic heterocycles. The van der Waals surface area contributed by atoms with Crippen molar-refractivity contribution in [2.75, 3.05) is 11.9 Å². The van der Waals surface area contributed by atoms with Crippen LogP contribution >= 0.6 is 23.1 Å². The zero-order chi connectivity index (χ0) is 28.0. The topological polar surface area (TPSA) is 161 Å². The molecule has 39 heavy (non-hydrogen) atoms. The number of aromatic nitrogens is 1. The molecule has 5 amide bonds. The minimum Gasteiger partial charge on any atom is -0.504 e. The van der Waals surface area contributed by atoms with Gasteiger partial charge in [0.05, 0.1) is 17.6 Å². The number of benzene rings is 2. The third-order valence-electron chi connectivity index (χ3n) is 6.55. The first-order valence-corrected chi connectivity index (χ1v) is 13.7. The number of urea groups is 1. The average molecular weight is 569 g/mol. The number of carbonyl (C=O) groups is 4. The third-order valence-corrected chi connectivity index (χ3v) is 9.15. The zero-order valence-corrected chi connectivity index (χ0v) is 22.5. The molecule has 0 unspecified atom stereocenters. The number of aromatic hydroxyl groups is 1. The average Bonchev–Trinajstić information content (AvgIpc) is 3.33. The first-order chi connectivity index (χ1) is 18.6. The SMILES string of the molecule is CCOc1cc([C@@H]2c3sc(=O)n(CC(=O)Nc4ccc(C)cc4)c3S[C@@H]3C(=O)N(C(N)=O)C(=O)[C@H]23)ccc1O. The summed E-state index contributed by atoms with van der Waals surface area (Å²) in [5.74, 6) is -3.81. The molecule has 2 aromatic carbocycles. The van der Waals surface area contributed by atoms with Gasteiger partial charge in [-0.3, -0.25) is 23.7 Å². The number of imide groups is 3. The predicted octanol–water partition coefficient (Wildman–Crippen LogP) is 2.63. The molecule has 1 saturated heterocycles. The third kappa shape index (κ3) is 4.68. The number of phenols is 1. The molecule has 13 heteroatoms. The molecule has 1 fully saturated rings. The summed E-state index contributed by atoms with van der Waals surface area (Å²) in [7, 11) is 0. The Balaban J connectivity index is 1.58. The van der Waals surface area contributed by atoms with Gasteiger partial charge in [-0.25, -0.2) is 4.79 Å². The van der Waals surface area contributed by atoms with E-state index in [9.17, 15) is 29.1 Å². The fourth-order valence-corrected chi connectivity index (χ4v) is 7.58. The molecule has 0 saturated carbocycles. The number of hydrogen-bond donors (Lipinski definition) is 3. The second-order valence-corrected chi connectivity index (χ2v) is 11.2. The molecule has 3 heterocycles. The Kier molecular flexibility index (Phi) is 6.95. The van der Waals surface area contributed by atoms with Crippen molar-refractivity contribution in [3.05, 3.63) is 68.1 Å². The molecule has 0 bridgehead atoms. The van der Waals surface area contributed by atoms with Crippen molar-refractivity contribution < 1.29 is 29.0 Å². The van der Waals surface area contributed by atoms with Gasteiger partial charge in [-0.05, 0) is 43.7 Å². The molecule has 3 atom stereocenters. The number of thiazole rings is 1. The van der Waals surface area contributed by atoms with Gasteiger partial charge in [-0.2, -0.15) is 4.90 Å². The second kappa shape index (κ2) is 10.2. The maximum Gasteiger partial charge on any atom is 0.328 e. The van der Waals surface area contributed by atoms with Crippen molar-refractivity contribution in [2.45, 2.75) is 36.6 Å². The summed E-state index contributed by atoms with van der Waals surface area (Å²) < 4.78 is 6.78. The van der Waals surface area contributed by atoms with Crippen LogP contribution in [0.2, 0.25) is 0 Å². The first kappa shape index (κ1) is 26.5. The quantitative estimate of drug-likeness (QED) is 0.383. The predicted molar refractivity (Wildman–Crippen MR) is 144 cm³/mol. The number of likely N-dealkylation sites (tertiary alicyclic amines) is 1. The minimum atomic E-state index is -1.18. The van der Waals surface area contributed by atoms with Gasteiger partial charge in [0, 0.05) is 16.5 Å². The lowest BCUT2D eigenvalue weighted by Crippen LogP contribution is -2.41. The van der Waals surface area contributed by atoms with Crippen LogP contribution in [0.15, 0.2) is 52.3 Å². The molecule has 1 aromatic heterocycles. The van der Waals surface area contributed by atoms with Gasteiger partial charge in [0.25, 0.3) is 5.91 Å². The molecule has 4 N–H and O–H groups in total. The van der Waals surface area contributed by atoms with Crippen molar-refractivity contribution in [1.82, 2.24) is 9.47 Å². The Labute approximate surface area is 230 Å². The number of rotatable bonds is 6. The number of nitrogens with two attached hydrogens (primary N) is 1. The summed E-state index contributed by atoms with van der Waals surface area (Å²) in [6.07, 6.45) is 0. The first-order valence-electron chi connectivity index (χ1n) is 12.0. The van der Waals surface area contributed by atoms with Crippen LogP contribution in [0.3, 0.4) is 0 Å². The van der Waals surface area contributed by atoms with Crippen molar-refractivity contribution in [3.63, 3.8) is 0 Å². The van der Waals surface area contributed by atoms with Gasteiger partial charge >= 0.3 is 10.9 Å². The van der Waals surface area contributed by atoms with Crippen LogP contribution in [0, 0.1) is 12.8 Å². The van der Waals surface area contributed by atoms with Crippen molar-refractivity contribution >= 4 is 52.5 Å². The molecule has 2 aliphatic rings. The number of primary amides is 1. The number of nitrogens with one attached hydrogen (secondary N) is 1. The Morgan fingerprint density at radius 3 is 2.49 bits per heavy atom. The van der Waals surface area contributed by atoms with E-state index in [1.54, 1.807) is 31.2 Å². The minimum absolute atomic E-state index is 0.117. The van der Waals surface area contributed by atoms with Crippen LogP contribution < -0.4 is 20.7 Å². The Morgan fingerprint density at radius 2 is 1.82 bits per heavy atom. The molecular weight excluding hydrogens is 544 g/mol. The van der Waals surface area contributed by atoms with Gasteiger partial charge in [0.2, 0.25) is 11.8 Å². The number of anilines is 1. The zero-order valence-electron chi connectivity index (χ0n) is 20.9. The monoisotopic (exact) mass is 568 g/mol. The van der Waals surface area contributed by atoms with E-state index >= 15 is 0 Å². The number of fused-ring (bicyclic) bond motifs is 2. The highest BCUT2D eigenvalue weighted by molar-refractivity contribution is 8.00. The number of carbonyl (C=O) groups excluding carboxylic acids is 4. The lowest BCUT2D eigenvalue weighted by atomic mass is 9.83. The van der Waals surface area contributed by atoms with E-state index in [1.807, 2.05) is 19.1 Å². The van der Waals surface area contributed by atoms with E-state index < -0.39 is 45.7 Å². The van der Waals surface area contributed by atoms with Gasteiger partial charge in [-0.15, -0.1) is 0 Å². The molecule has 202 valence electrons. The van der Waals surface area contributed by atoms with E-state index in [2.05, 4.69) is 5.32 Å². The molecule has 0 radical (unpaired) electrons. The number of phenolic OH excluding ortho intramolecular Hbond substituents is 1. The Morgan fingerprint density at radius 1 is 1.10 bits per heavy atom. The highest BCUT2D eigenvalue weighted by Crippen LogP contribution is 2.53. The van der Waals surface area contributed by atoms with Gasteiger partial charge < -0.3 is 20.9 Å². The van der Waals surface area contributed by atoms with Crippen molar-refractivity contribution in [1.29, 1.82) is 0 Å². The molecule has 0 spiro atoms. The normalized spacial score (nSPS) is 19.9.